The van der Waals surface area contributed by atoms with Crippen LogP contribution in [0.5, 0.6) is 5.75 Å². The molecule has 0 saturated carbocycles. The number of hydrogen-bond acceptors (Lipinski definition) is 7. The largest absolute Gasteiger partial charge is 0.494 e. The number of nitrogens with zero attached hydrogens (tertiary/aromatic N) is 2. The van der Waals surface area contributed by atoms with Crippen molar-refractivity contribution < 1.29 is 17.5 Å². The van der Waals surface area contributed by atoms with Crippen LogP contribution < -0.4 is 4.74 Å². The van der Waals surface area contributed by atoms with Gasteiger partial charge in [-0.2, -0.15) is 4.37 Å². The van der Waals surface area contributed by atoms with Crippen molar-refractivity contribution >= 4 is 33.1 Å². The van der Waals surface area contributed by atoms with E-state index < -0.39 is 15.7 Å². The van der Waals surface area contributed by atoms with Gasteiger partial charge in [0.15, 0.2) is 17.4 Å². The number of benzene rings is 2. The number of aryl methyl sites for hydroxylation is 1. The summed E-state index contributed by atoms with van der Waals surface area (Å²) in [5.74, 6) is 0.0742. The van der Waals surface area contributed by atoms with Crippen molar-refractivity contribution in [3.63, 3.8) is 0 Å². The van der Waals surface area contributed by atoms with Gasteiger partial charge in [-0.1, -0.05) is 23.8 Å². The molecule has 1 aromatic heterocycles. The highest BCUT2D eigenvalue weighted by atomic mass is 32.2. The number of methoxy groups -OCH3 is 1. The first kappa shape index (κ1) is 19.8. The fourth-order valence-corrected chi connectivity index (χ4v) is 5.29. The van der Waals surface area contributed by atoms with Crippen molar-refractivity contribution in [3.8, 4) is 5.75 Å². The fourth-order valence-electron chi connectivity index (χ4n) is 2.29. The van der Waals surface area contributed by atoms with Crippen LogP contribution in [0, 0.1) is 12.7 Å². The molecule has 3 rings (SSSR count). The van der Waals surface area contributed by atoms with Gasteiger partial charge in [0.2, 0.25) is 14.2 Å². The van der Waals surface area contributed by atoms with Gasteiger partial charge in [0.05, 0.1) is 18.6 Å². The van der Waals surface area contributed by atoms with Gasteiger partial charge >= 0.3 is 0 Å². The van der Waals surface area contributed by atoms with Crippen molar-refractivity contribution in [2.24, 2.45) is 0 Å². The minimum atomic E-state index is -3.69. The zero-order valence-corrected chi connectivity index (χ0v) is 17.1. The Morgan fingerprint density at radius 2 is 1.93 bits per heavy atom. The molecule has 0 N–H and O–H groups in total. The van der Waals surface area contributed by atoms with Gasteiger partial charge in [-0.3, -0.25) is 0 Å². The Hall–Kier alpha value is -1.97. The number of rotatable bonds is 7. The van der Waals surface area contributed by atoms with Gasteiger partial charge in [0, 0.05) is 4.90 Å². The molecule has 0 radical (unpaired) electrons. The zero-order chi connectivity index (χ0) is 19.4. The lowest BCUT2D eigenvalue weighted by Gasteiger charge is -2.05. The van der Waals surface area contributed by atoms with E-state index in [1.165, 1.54) is 36.6 Å². The summed E-state index contributed by atoms with van der Waals surface area (Å²) in [4.78, 5) is 5.21. The van der Waals surface area contributed by atoms with E-state index in [0.717, 1.165) is 22.5 Å². The molecule has 1 heterocycles. The third-order valence-corrected chi connectivity index (χ3v) is 7.56. The highest BCUT2D eigenvalue weighted by Gasteiger charge is 2.21. The van der Waals surface area contributed by atoms with Crippen molar-refractivity contribution in [1.29, 1.82) is 0 Å². The van der Waals surface area contributed by atoms with Gasteiger partial charge in [-0.15, -0.1) is 11.8 Å². The molecule has 5 nitrogen and oxygen atoms in total. The summed E-state index contributed by atoms with van der Waals surface area (Å²) < 4.78 is 47.8. The Kier molecular flexibility index (Phi) is 6.13. The van der Waals surface area contributed by atoms with E-state index in [1.54, 1.807) is 0 Å². The second kappa shape index (κ2) is 8.37. The molecule has 9 heteroatoms. The predicted octanol–water partition coefficient (Wildman–Crippen LogP) is 4.26. The molecule has 0 bridgehead atoms. The van der Waals surface area contributed by atoms with E-state index in [4.69, 9.17) is 4.74 Å². The standard InChI is InChI=1S/C18H17FN2O3S3/c1-12-3-6-14(7-4-12)25-10-17-20-18(26-21-17)27(22,23)11-13-5-8-16(24-2)15(19)9-13/h3-9H,10-11H2,1-2H3. The molecule has 0 unspecified atom stereocenters. The normalized spacial score (nSPS) is 11.5. The lowest BCUT2D eigenvalue weighted by Crippen LogP contribution is -2.05. The van der Waals surface area contributed by atoms with Crippen LogP contribution in [-0.2, 0) is 21.3 Å². The Balaban J connectivity index is 1.68. The summed E-state index contributed by atoms with van der Waals surface area (Å²) in [5.41, 5.74) is 1.51. The topological polar surface area (TPSA) is 69.2 Å². The molecule has 142 valence electrons. The van der Waals surface area contributed by atoms with E-state index in [1.807, 2.05) is 31.2 Å². The minimum absolute atomic E-state index is 0.0572. The smallest absolute Gasteiger partial charge is 0.229 e. The first-order chi connectivity index (χ1) is 12.9. The highest BCUT2D eigenvalue weighted by molar-refractivity contribution is 7.98. The second-order valence-corrected chi connectivity index (χ2v) is 9.77. The number of aromatic nitrogens is 2. The summed E-state index contributed by atoms with van der Waals surface area (Å²) in [6.07, 6.45) is 0. The highest BCUT2D eigenvalue weighted by Crippen LogP contribution is 2.25. The molecule has 27 heavy (non-hydrogen) atoms. The molecular weight excluding hydrogens is 407 g/mol. The number of sulfone groups is 1. The fraction of sp³-hybridized carbons (Fsp3) is 0.222. The summed E-state index contributed by atoms with van der Waals surface area (Å²) in [6.45, 7) is 2.02. The number of halogens is 1. The Morgan fingerprint density at radius 1 is 1.19 bits per heavy atom. The molecule has 0 atom stereocenters. The molecule has 0 saturated heterocycles. The molecule has 0 aliphatic carbocycles. The maximum Gasteiger partial charge on any atom is 0.229 e. The lowest BCUT2D eigenvalue weighted by molar-refractivity contribution is 0.386. The Morgan fingerprint density at radius 3 is 2.59 bits per heavy atom. The summed E-state index contributed by atoms with van der Waals surface area (Å²) in [7, 11) is -2.34. The maximum atomic E-state index is 13.8. The van der Waals surface area contributed by atoms with E-state index >= 15 is 0 Å². The van der Waals surface area contributed by atoms with Gasteiger partial charge in [0.25, 0.3) is 0 Å². The van der Waals surface area contributed by atoms with Crippen molar-refractivity contribution in [1.82, 2.24) is 9.36 Å². The van der Waals surface area contributed by atoms with Crippen LogP contribution in [-0.4, -0.2) is 24.9 Å². The van der Waals surface area contributed by atoms with Crippen molar-refractivity contribution in [2.45, 2.75) is 27.7 Å². The Bertz CT molecular complexity index is 1030. The molecule has 3 aromatic rings. The van der Waals surface area contributed by atoms with E-state index in [9.17, 15) is 12.8 Å². The van der Waals surface area contributed by atoms with Crippen LogP contribution >= 0.6 is 23.3 Å². The molecule has 0 aliphatic rings. The van der Waals surface area contributed by atoms with Gasteiger partial charge in [-0.25, -0.2) is 17.8 Å². The number of hydrogen-bond donors (Lipinski definition) is 0. The first-order valence-electron chi connectivity index (χ1n) is 7.94. The number of thioether (sulfide) groups is 1. The second-order valence-electron chi connectivity index (χ2n) is 5.81. The molecule has 2 aromatic carbocycles. The van der Waals surface area contributed by atoms with E-state index in [-0.39, 0.29) is 15.8 Å². The molecular formula is C18H17FN2O3S3. The summed E-state index contributed by atoms with van der Waals surface area (Å²) >= 11 is 2.38. The van der Waals surface area contributed by atoms with Crippen molar-refractivity contribution in [2.75, 3.05) is 7.11 Å². The molecule has 0 aliphatic heterocycles. The van der Waals surface area contributed by atoms with Gasteiger partial charge in [-0.05, 0) is 48.3 Å². The van der Waals surface area contributed by atoms with Gasteiger partial charge in [0.1, 0.15) is 0 Å². The van der Waals surface area contributed by atoms with Crippen LogP contribution in [0.15, 0.2) is 51.7 Å². The van der Waals surface area contributed by atoms with Crippen LogP contribution in [0.4, 0.5) is 4.39 Å². The lowest BCUT2D eigenvalue weighted by atomic mass is 10.2. The Labute approximate surface area is 165 Å². The van der Waals surface area contributed by atoms with E-state index in [2.05, 4.69) is 9.36 Å². The summed E-state index contributed by atoms with van der Waals surface area (Å²) in [5, 5.41) is 0. The average molecular weight is 425 g/mol. The SMILES string of the molecule is COc1ccc(CS(=O)(=O)c2nc(CSc3ccc(C)cc3)ns2)cc1F. The zero-order valence-electron chi connectivity index (χ0n) is 14.7. The number of ether oxygens (including phenoxy) is 1. The predicted molar refractivity (Wildman–Crippen MR) is 104 cm³/mol. The van der Waals surface area contributed by atoms with Crippen LogP contribution in [0.25, 0.3) is 0 Å². The maximum absolute atomic E-state index is 13.8. The van der Waals surface area contributed by atoms with Crippen LogP contribution in [0.1, 0.15) is 17.0 Å². The summed E-state index contributed by atoms with van der Waals surface area (Å²) in [6, 6.07) is 12.1. The van der Waals surface area contributed by atoms with Crippen LogP contribution in [0.3, 0.4) is 0 Å². The molecule has 0 amide bonds. The average Bonchev–Trinajstić information content (AvgIpc) is 3.11. The monoisotopic (exact) mass is 424 g/mol. The molecule has 0 spiro atoms. The minimum Gasteiger partial charge on any atom is -0.494 e. The van der Waals surface area contributed by atoms with Gasteiger partial charge < -0.3 is 4.74 Å². The quantitative estimate of drug-likeness (QED) is 0.528. The van der Waals surface area contributed by atoms with Crippen molar-refractivity contribution in [3.05, 3.63) is 65.2 Å². The third-order valence-electron chi connectivity index (χ3n) is 3.68. The third kappa shape index (κ3) is 5.06. The molecule has 0 fully saturated rings. The van der Waals surface area contributed by atoms with Crippen LogP contribution in [0.2, 0.25) is 0 Å². The van der Waals surface area contributed by atoms with E-state index in [0.29, 0.717) is 17.1 Å². The first-order valence-corrected chi connectivity index (χ1v) is 11.4.